The third kappa shape index (κ3) is 4.71. The fraction of sp³-hybridized carbons (Fsp3) is 0.357. The predicted molar refractivity (Wildman–Crippen MR) is 84.8 cm³/mol. The van der Waals surface area contributed by atoms with Gasteiger partial charge in [-0.3, -0.25) is 4.79 Å². The summed E-state index contributed by atoms with van der Waals surface area (Å²) < 4.78 is 6.01. The minimum atomic E-state index is 0.0654. The zero-order valence-corrected chi connectivity index (χ0v) is 13.8. The molecule has 0 spiro atoms. The van der Waals surface area contributed by atoms with Gasteiger partial charge in [0.1, 0.15) is 10.8 Å². The van der Waals surface area contributed by atoms with E-state index >= 15 is 0 Å². The van der Waals surface area contributed by atoms with E-state index in [0.717, 1.165) is 20.7 Å². The summed E-state index contributed by atoms with van der Waals surface area (Å²) in [5, 5.41) is 8.84. The zero-order chi connectivity index (χ0) is 15.2. The minimum absolute atomic E-state index is 0.0654. The van der Waals surface area contributed by atoms with Gasteiger partial charge in [-0.05, 0) is 24.6 Å². The lowest BCUT2D eigenvalue weighted by atomic mass is 10.2. The third-order valence-electron chi connectivity index (χ3n) is 2.81. The fourth-order valence-electron chi connectivity index (χ4n) is 1.70. The summed E-state index contributed by atoms with van der Waals surface area (Å²) in [4.78, 5) is 13.8. The Morgan fingerprint density at radius 2 is 2.24 bits per heavy atom. The van der Waals surface area contributed by atoms with E-state index in [0.29, 0.717) is 12.3 Å². The van der Waals surface area contributed by atoms with E-state index in [1.165, 1.54) is 23.1 Å². The van der Waals surface area contributed by atoms with E-state index < -0.39 is 0 Å². The Kier molecular flexibility index (Phi) is 5.58. The van der Waals surface area contributed by atoms with Crippen molar-refractivity contribution in [2.24, 2.45) is 0 Å². The number of ether oxygens (including phenoxy) is 1. The van der Waals surface area contributed by atoms with Crippen molar-refractivity contribution in [2.45, 2.75) is 17.8 Å². The lowest BCUT2D eigenvalue weighted by molar-refractivity contribution is -0.127. The zero-order valence-electron chi connectivity index (χ0n) is 12.2. The number of thioether (sulfide) groups is 1. The molecule has 1 aromatic heterocycles. The maximum atomic E-state index is 12.1. The maximum Gasteiger partial charge on any atom is 0.233 e. The highest BCUT2D eigenvalue weighted by Crippen LogP contribution is 2.22. The van der Waals surface area contributed by atoms with Crippen LogP contribution in [-0.2, 0) is 11.3 Å². The van der Waals surface area contributed by atoms with Crippen LogP contribution in [0.15, 0.2) is 28.6 Å². The maximum absolute atomic E-state index is 12.1. The van der Waals surface area contributed by atoms with Gasteiger partial charge in [-0.1, -0.05) is 35.2 Å². The van der Waals surface area contributed by atoms with Gasteiger partial charge in [0.25, 0.3) is 0 Å². The molecule has 0 radical (unpaired) electrons. The number of amides is 1. The predicted octanol–water partition coefficient (Wildman–Crippen LogP) is 2.61. The van der Waals surface area contributed by atoms with Gasteiger partial charge in [0.2, 0.25) is 5.91 Å². The van der Waals surface area contributed by atoms with Crippen molar-refractivity contribution in [1.82, 2.24) is 15.1 Å². The van der Waals surface area contributed by atoms with Gasteiger partial charge in [0.05, 0.1) is 12.9 Å². The van der Waals surface area contributed by atoms with Crippen LogP contribution in [0.5, 0.6) is 5.75 Å². The molecule has 2 rings (SSSR count). The van der Waals surface area contributed by atoms with Gasteiger partial charge in [-0.2, -0.15) is 0 Å². The monoisotopic (exact) mass is 323 g/mol. The van der Waals surface area contributed by atoms with Crippen molar-refractivity contribution >= 4 is 29.0 Å². The average molecular weight is 323 g/mol. The summed E-state index contributed by atoms with van der Waals surface area (Å²) in [6.07, 6.45) is 0. The Balaban J connectivity index is 1.87. The van der Waals surface area contributed by atoms with E-state index in [1.54, 1.807) is 19.1 Å². The standard InChI is InChI=1S/C14H17N3O2S2/c1-10-15-16-14(21-10)20-9-13(18)17(2)8-11-5-4-6-12(7-11)19-3/h4-7H,8-9H2,1-3H3. The molecule has 21 heavy (non-hydrogen) atoms. The number of methoxy groups -OCH3 is 1. The Labute approximate surface area is 132 Å². The van der Waals surface area contributed by atoms with Crippen LogP contribution in [0.4, 0.5) is 0 Å². The molecule has 0 aliphatic carbocycles. The van der Waals surface area contributed by atoms with Gasteiger partial charge in [0, 0.05) is 13.6 Å². The van der Waals surface area contributed by atoms with Crippen LogP contribution in [0.25, 0.3) is 0 Å². The number of aromatic nitrogens is 2. The van der Waals surface area contributed by atoms with Gasteiger partial charge in [0.15, 0.2) is 4.34 Å². The average Bonchev–Trinajstić information content (AvgIpc) is 2.90. The molecule has 2 aromatic rings. The summed E-state index contributed by atoms with van der Waals surface area (Å²) >= 11 is 2.93. The van der Waals surface area contributed by atoms with Crippen molar-refractivity contribution in [3.8, 4) is 5.75 Å². The number of benzene rings is 1. The van der Waals surface area contributed by atoms with Crippen molar-refractivity contribution < 1.29 is 9.53 Å². The molecule has 7 heteroatoms. The highest BCUT2D eigenvalue weighted by atomic mass is 32.2. The Morgan fingerprint density at radius 1 is 1.43 bits per heavy atom. The van der Waals surface area contributed by atoms with Crippen LogP contribution in [0.1, 0.15) is 10.6 Å². The minimum Gasteiger partial charge on any atom is -0.497 e. The molecule has 1 aromatic carbocycles. The molecule has 0 aliphatic heterocycles. The molecule has 112 valence electrons. The molecular formula is C14H17N3O2S2. The van der Waals surface area contributed by atoms with Gasteiger partial charge >= 0.3 is 0 Å². The number of hydrogen-bond acceptors (Lipinski definition) is 6. The molecule has 0 atom stereocenters. The van der Waals surface area contributed by atoms with Crippen molar-refractivity contribution in [3.63, 3.8) is 0 Å². The molecule has 0 N–H and O–H groups in total. The molecule has 0 saturated carbocycles. The van der Waals surface area contributed by atoms with Crippen LogP contribution in [0.3, 0.4) is 0 Å². The number of nitrogens with zero attached hydrogens (tertiary/aromatic N) is 3. The summed E-state index contributed by atoms with van der Waals surface area (Å²) in [5.74, 6) is 1.23. The first-order chi connectivity index (χ1) is 10.1. The van der Waals surface area contributed by atoms with E-state index in [9.17, 15) is 4.79 Å². The van der Waals surface area contributed by atoms with E-state index in [4.69, 9.17) is 4.74 Å². The molecule has 0 bridgehead atoms. The molecule has 1 amide bonds. The highest BCUT2D eigenvalue weighted by molar-refractivity contribution is 8.01. The molecule has 0 fully saturated rings. The number of carbonyl (C=O) groups is 1. The van der Waals surface area contributed by atoms with Crippen molar-refractivity contribution in [3.05, 3.63) is 34.8 Å². The highest BCUT2D eigenvalue weighted by Gasteiger charge is 2.12. The summed E-state index contributed by atoms with van der Waals surface area (Å²) in [6, 6.07) is 7.72. The van der Waals surface area contributed by atoms with Gasteiger partial charge in [-0.25, -0.2) is 0 Å². The van der Waals surface area contributed by atoms with Crippen molar-refractivity contribution in [2.75, 3.05) is 19.9 Å². The van der Waals surface area contributed by atoms with E-state index in [-0.39, 0.29) is 5.91 Å². The quantitative estimate of drug-likeness (QED) is 0.765. The second-order valence-electron chi connectivity index (χ2n) is 4.48. The molecule has 0 saturated heterocycles. The number of hydrogen-bond donors (Lipinski definition) is 0. The van der Waals surface area contributed by atoms with Crippen LogP contribution >= 0.6 is 23.1 Å². The smallest absolute Gasteiger partial charge is 0.233 e. The van der Waals surface area contributed by atoms with Crippen molar-refractivity contribution in [1.29, 1.82) is 0 Å². The van der Waals surface area contributed by atoms with E-state index in [2.05, 4.69) is 10.2 Å². The topological polar surface area (TPSA) is 55.3 Å². The summed E-state index contributed by atoms with van der Waals surface area (Å²) in [7, 11) is 3.43. The Morgan fingerprint density at radius 3 is 2.90 bits per heavy atom. The summed E-state index contributed by atoms with van der Waals surface area (Å²) in [6.45, 7) is 2.46. The molecule has 0 aliphatic rings. The second-order valence-corrected chi connectivity index (χ2v) is 6.88. The first-order valence-corrected chi connectivity index (χ1v) is 8.18. The van der Waals surface area contributed by atoms with Gasteiger partial charge in [-0.15, -0.1) is 10.2 Å². The van der Waals surface area contributed by atoms with Crippen LogP contribution in [0, 0.1) is 6.92 Å². The Bertz CT molecular complexity index is 616. The first kappa shape index (κ1) is 15.8. The molecule has 0 unspecified atom stereocenters. The first-order valence-electron chi connectivity index (χ1n) is 6.38. The molecule has 1 heterocycles. The largest absolute Gasteiger partial charge is 0.497 e. The Hall–Kier alpha value is -1.60. The van der Waals surface area contributed by atoms with Crippen LogP contribution < -0.4 is 4.74 Å². The third-order valence-corrected chi connectivity index (χ3v) is 4.76. The fourth-order valence-corrected chi connectivity index (χ4v) is 3.46. The number of rotatable bonds is 6. The summed E-state index contributed by atoms with van der Waals surface area (Å²) in [5.41, 5.74) is 1.04. The number of aryl methyl sites for hydroxylation is 1. The van der Waals surface area contributed by atoms with Crippen LogP contribution in [-0.4, -0.2) is 40.9 Å². The molecular weight excluding hydrogens is 306 g/mol. The van der Waals surface area contributed by atoms with Crippen LogP contribution in [0.2, 0.25) is 0 Å². The second kappa shape index (κ2) is 7.42. The van der Waals surface area contributed by atoms with E-state index in [1.807, 2.05) is 31.2 Å². The lowest BCUT2D eigenvalue weighted by Crippen LogP contribution is -2.27. The number of carbonyl (C=O) groups excluding carboxylic acids is 1. The SMILES string of the molecule is COc1cccc(CN(C)C(=O)CSc2nnc(C)s2)c1. The lowest BCUT2D eigenvalue weighted by Gasteiger charge is -2.17. The van der Waals surface area contributed by atoms with Gasteiger partial charge < -0.3 is 9.64 Å². The normalized spacial score (nSPS) is 10.4. The molecule has 5 nitrogen and oxygen atoms in total.